The zero-order valence-electron chi connectivity index (χ0n) is 13.7. The van der Waals surface area contributed by atoms with Crippen LogP contribution in [-0.4, -0.2) is 51.1 Å². The van der Waals surface area contributed by atoms with Gasteiger partial charge in [-0.05, 0) is 39.0 Å². The predicted molar refractivity (Wildman–Crippen MR) is 87.5 cm³/mol. The summed E-state index contributed by atoms with van der Waals surface area (Å²) in [5.74, 6) is 0.878. The molecular formula is C17H23N5O. The second-order valence-corrected chi connectivity index (χ2v) is 6.92. The zero-order chi connectivity index (χ0) is 16.0. The molecule has 23 heavy (non-hydrogen) atoms. The van der Waals surface area contributed by atoms with E-state index < -0.39 is 0 Å². The second-order valence-electron chi connectivity index (χ2n) is 6.92. The Kier molecular flexibility index (Phi) is 3.56. The Balaban J connectivity index is 1.48. The van der Waals surface area contributed by atoms with E-state index in [9.17, 15) is 4.79 Å². The van der Waals surface area contributed by atoms with Crippen molar-refractivity contribution < 1.29 is 4.79 Å². The first-order valence-electron chi connectivity index (χ1n) is 8.46. The monoisotopic (exact) mass is 313 g/mol. The Morgan fingerprint density at radius 1 is 1.35 bits per heavy atom. The smallest absolute Gasteiger partial charge is 0.255 e. The molecule has 0 radical (unpaired) electrons. The minimum absolute atomic E-state index is 0.0248. The summed E-state index contributed by atoms with van der Waals surface area (Å²) >= 11 is 0. The highest BCUT2D eigenvalue weighted by Crippen LogP contribution is 2.30. The third-order valence-electron chi connectivity index (χ3n) is 4.99. The molecule has 0 bridgehead atoms. The summed E-state index contributed by atoms with van der Waals surface area (Å²) in [7, 11) is 0. The average molecular weight is 313 g/mol. The summed E-state index contributed by atoms with van der Waals surface area (Å²) in [6.07, 6.45) is 5.50. The minimum Gasteiger partial charge on any atom is -0.348 e. The lowest BCUT2D eigenvalue weighted by atomic mass is 10.1. The molecule has 2 aliphatic rings. The van der Waals surface area contributed by atoms with Crippen LogP contribution < -0.4 is 5.32 Å². The molecule has 6 heteroatoms. The summed E-state index contributed by atoms with van der Waals surface area (Å²) < 4.78 is 1.73. The van der Waals surface area contributed by atoms with Gasteiger partial charge in [-0.25, -0.2) is 9.50 Å². The van der Waals surface area contributed by atoms with Gasteiger partial charge in [-0.2, -0.15) is 5.10 Å². The number of hydrogen-bond acceptors (Lipinski definition) is 4. The number of nitrogens with one attached hydrogen (secondary N) is 1. The molecular weight excluding hydrogens is 290 g/mol. The number of likely N-dealkylation sites (tertiary alicyclic amines) is 1. The number of nitrogens with zero attached hydrogens (tertiary/aromatic N) is 4. The molecule has 1 atom stereocenters. The predicted octanol–water partition coefficient (Wildman–Crippen LogP) is 1.56. The molecule has 0 aromatic carbocycles. The van der Waals surface area contributed by atoms with Crippen molar-refractivity contribution in [2.75, 3.05) is 19.6 Å². The standard InChI is InChI=1S/C17H23N5O/c1-11-16(12(2)22-15(19-11)5-7-18-22)17(23)20-14-6-8-21(10-14)9-13-3-4-13/h5,7,13-14H,3-4,6,8-10H2,1-2H3,(H,20,23)/t14-/m1/s1. The first-order chi connectivity index (χ1) is 11.1. The lowest BCUT2D eigenvalue weighted by Crippen LogP contribution is -2.38. The summed E-state index contributed by atoms with van der Waals surface area (Å²) in [4.78, 5) is 19.7. The van der Waals surface area contributed by atoms with Crippen LogP contribution in [0.25, 0.3) is 5.65 Å². The highest BCUT2D eigenvalue weighted by atomic mass is 16.1. The maximum atomic E-state index is 12.7. The van der Waals surface area contributed by atoms with Crippen molar-refractivity contribution in [2.24, 2.45) is 5.92 Å². The molecule has 1 aliphatic carbocycles. The van der Waals surface area contributed by atoms with Crippen molar-refractivity contribution in [1.29, 1.82) is 0 Å². The van der Waals surface area contributed by atoms with E-state index in [2.05, 4.69) is 20.3 Å². The first kappa shape index (κ1) is 14.6. The summed E-state index contributed by atoms with van der Waals surface area (Å²) in [5.41, 5.74) is 3.05. The summed E-state index contributed by atoms with van der Waals surface area (Å²) in [5, 5.41) is 7.45. The second kappa shape index (κ2) is 5.60. The van der Waals surface area contributed by atoms with Crippen LogP contribution in [-0.2, 0) is 0 Å². The van der Waals surface area contributed by atoms with Gasteiger partial charge in [-0.1, -0.05) is 0 Å². The quantitative estimate of drug-likeness (QED) is 0.930. The normalized spacial score (nSPS) is 21.9. The Bertz CT molecular complexity index is 749. The van der Waals surface area contributed by atoms with Crippen LogP contribution in [0.5, 0.6) is 0 Å². The number of carbonyl (C=O) groups excluding carboxylic acids is 1. The SMILES string of the molecule is Cc1nc2ccnn2c(C)c1C(=O)N[C@@H]1CCN(CC2CC2)C1. The summed E-state index contributed by atoms with van der Waals surface area (Å²) in [6, 6.07) is 2.10. The van der Waals surface area contributed by atoms with Crippen molar-refractivity contribution in [3.8, 4) is 0 Å². The van der Waals surface area contributed by atoms with Gasteiger partial charge >= 0.3 is 0 Å². The third-order valence-corrected chi connectivity index (χ3v) is 4.99. The van der Waals surface area contributed by atoms with Crippen molar-refractivity contribution in [1.82, 2.24) is 24.8 Å². The van der Waals surface area contributed by atoms with E-state index in [-0.39, 0.29) is 11.9 Å². The number of carbonyl (C=O) groups is 1. The van der Waals surface area contributed by atoms with Gasteiger partial charge in [0.25, 0.3) is 5.91 Å². The van der Waals surface area contributed by atoms with Crippen molar-refractivity contribution >= 4 is 11.6 Å². The molecule has 2 fully saturated rings. The van der Waals surface area contributed by atoms with E-state index in [0.29, 0.717) is 5.56 Å². The van der Waals surface area contributed by atoms with E-state index in [1.54, 1.807) is 10.7 Å². The van der Waals surface area contributed by atoms with Gasteiger partial charge in [0, 0.05) is 31.7 Å². The average Bonchev–Trinajstić information content (AvgIpc) is 3.00. The van der Waals surface area contributed by atoms with Crippen LogP contribution in [0, 0.1) is 19.8 Å². The largest absolute Gasteiger partial charge is 0.348 e. The molecule has 1 N–H and O–H groups in total. The molecule has 0 spiro atoms. The van der Waals surface area contributed by atoms with Crippen LogP contribution in [0.1, 0.15) is 41.0 Å². The van der Waals surface area contributed by atoms with Gasteiger partial charge in [0.2, 0.25) is 0 Å². The van der Waals surface area contributed by atoms with E-state index in [0.717, 1.165) is 42.5 Å². The maximum Gasteiger partial charge on any atom is 0.255 e. The van der Waals surface area contributed by atoms with E-state index in [1.165, 1.54) is 19.4 Å². The topological polar surface area (TPSA) is 62.5 Å². The van der Waals surface area contributed by atoms with E-state index in [4.69, 9.17) is 0 Å². The number of amides is 1. The zero-order valence-corrected chi connectivity index (χ0v) is 13.7. The Hall–Kier alpha value is -1.95. The fourth-order valence-corrected chi connectivity index (χ4v) is 3.60. The Labute approximate surface area is 135 Å². The van der Waals surface area contributed by atoms with Crippen LogP contribution in [0.2, 0.25) is 0 Å². The Morgan fingerprint density at radius 3 is 2.96 bits per heavy atom. The minimum atomic E-state index is -0.0248. The van der Waals surface area contributed by atoms with Crippen LogP contribution in [0.3, 0.4) is 0 Å². The van der Waals surface area contributed by atoms with Crippen LogP contribution in [0.15, 0.2) is 12.3 Å². The number of fused-ring (bicyclic) bond motifs is 1. The van der Waals surface area contributed by atoms with Gasteiger partial charge < -0.3 is 10.2 Å². The lowest BCUT2D eigenvalue weighted by Gasteiger charge is -2.17. The molecule has 1 amide bonds. The molecule has 1 aliphatic heterocycles. The van der Waals surface area contributed by atoms with Crippen LogP contribution in [0.4, 0.5) is 0 Å². The van der Waals surface area contributed by atoms with E-state index in [1.807, 2.05) is 19.9 Å². The first-order valence-corrected chi connectivity index (χ1v) is 8.46. The molecule has 2 aromatic rings. The molecule has 1 saturated carbocycles. The Morgan fingerprint density at radius 2 is 2.17 bits per heavy atom. The van der Waals surface area contributed by atoms with Gasteiger partial charge in [0.05, 0.1) is 23.1 Å². The van der Waals surface area contributed by atoms with Gasteiger partial charge in [-0.15, -0.1) is 0 Å². The highest BCUT2D eigenvalue weighted by molar-refractivity contribution is 5.96. The van der Waals surface area contributed by atoms with E-state index >= 15 is 0 Å². The van der Waals surface area contributed by atoms with Gasteiger partial charge in [-0.3, -0.25) is 4.79 Å². The molecule has 6 nitrogen and oxygen atoms in total. The molecule has 4 rings (SSSR count). The fraction of sp³-hybridized carbons (Fsp3) is 0.588. The number of hydrogen-bond donors (Lipinski definition) is 1. The van der Waals surface area contributed by atoms with Gasteiger partial charge in [0.15, 0.2) is 5.65 Å². The number of aromatic nitrogens is 3. The molecule has 2 aromatic heterocycles. The lowest BCUT2D eigenvalue weighted by molar-refractivity contribution is 0.0935. The van der Waals surface area contributed by atoms with Gasteiger partial charge in [0.1, 0.15) is 0 Å². The number of aryl methyl sites for hydroxylation is 2. The van der Waals surface area contributed by atoms with Crippen LogP contribution >= 0.6 is 0 Å². The highest BCUT2D eigenvalue weighted by Gasteiger charge is 2.30. The summed E-state index contributed by atoms with van der Waals surface area (Å²) in [6.45, 7) is 7.08. The fourth-order valence-electron chi connectivity index (χ4n) is 3.60. The molecule has 3 heterocycles. The molecule has 1 saturated heterocycles. The molecule has 0 unspecified atom stereocenters. The van der Waals surface area contributed by atoms with Crippen molar-refractivity contribution in [3.05, 3.63) is 29.2 Å². The van der Waals surface area contributed by atoms with Crippen molar-refractivity contribution in [3.63, 3.8) is 0 Å². The molecule has 122 valence electrons. The maximum absolute atomic E-state index is 12.7. The van der Waals surface area contributed by atoms with Crippen molar-refractivity contribution in [2.45, 2.75) is 39.2 Å². The third kappa shape index (κ3) is 2.83. The number of rotatable bonds is 4.